The van der Waals surface area contributed by atoms with E-state index in [2.05, 4.69) is 10.1 Å². The average molecular weight is 366 g/mol. The number of amides is 1. The molecule has 25 heavy (non-hydrogen) atoms. The van der Waals surface area contributed by atoms with Gasteiger partial charge in [-0.05, 0) is 42.8 Å². The van der Waals surface area contributed by atoms with E-state index in [-0.39, 0.29) is 29.8 Å². The van der Waals surface area contributed by atoms with Gasteiger partial charge in [0.2, 0.25) is 0 Å². The summed E-state index contributed by atoms with van der Waals surface area (Å²) in [6.45, 7) is 1.46. The molecule has 0 bridgehead atoms. The zero-order chi connectivity index (χ0) is 18.4. The molecule has 1 unspecified atom stereocenters. The SMILES string of the molecule is COC(=O)c1ccc(Cl)cc1OCC(=O)NC(C)c1ccc(F)cc1. The van der Waals surface area contributed by atoms with Gasteiger partial charge in [0.25, 0.3) is 5.91 Å². The molecule has 2 aromatic rings. The van der Waals surface area contributed by atoms with Gasteiger partial charge >= 0.3 is 5.97 Å². The lowest BCUT2D eigenvalue weighted by Gasteiger charge is -2.15. The summed E-state index contributed by atoms with van der Waals surface area (Å²) in [4.78, 5) is 23.7. The maximum atomic E-state index is 12.9. The van der Waals surface area contributed by atoms with Crippen LogP contribution in [-0.2, 0) is 9.53 Å². The number of carbonyl (C=O) groups is 2. The molecule has 1 atom stereocenters. The minimum absolute atomic E-state index is 0.156. The first-order chi connectivity index (χ1) is 11.9. The fourth-order valence-corrected chi connectivity index (χ4v) is 2.32. The lowest BCUT2D eigenvalue weighted by atomic mass is 10.1. The predicted molar refractivity (Wildman–Crippen MR) is 91.2 cm³/mol. The van der Waals surface area contributed by atoms with E-state index in [1.807, 2.05) is 0 Å². The number of rotatable bonds is 6. The molecule has 0 saturated heterocycles. The summed E-state index contributed by atoms with van der Waals surface area (Å²) in [5.74, 6) is -1.18. The smallest absolute Gasteiger partial charge is 0.341 e. The van der Waals surface area contributed by atoms with Crippen molar-refractivity contribution in [2.45, 2.75) is 13.0 Å². The van der Waals surface area contributed by atoms with E-state index in [0.29, 0.717) is 5.02 Å². The summed E-state index contributed by atoms with van der Waals surface area (Å²) in [5.41, 5.74) is 0.930. The van der Waals surface area contributed by atoms with Gasteiger partial charge in [0.15, 0.2) is 6.61 Å². The maximum Gasteiger partial charge on any atom is 0.341 e. The summed E-state index contributed by atoms with van der Waals surface area (Å²) < 4.78 is 23.0. The van der Waals surface area contributed by atoms with E-state index in [1.165, 1.54) is 37.4 Å². The van der Waals surface area contributed by atoms with Gasteiger partial charge in [0.05, 0.1) is 13.2 Å². The van der Waals surface area contributed by atoms with Crippen LogP contribution < -0.4 is 10.1 Å². The summed E-state index contributed by atoms with van der Waals surface area (Å²) in [6, 6.07) is 9.92. The molecule has 2 rings (SSSR count). The van der Waals surface area contributed by atoms with Crippen molar-refractivity contribution < 1.29 is 23.5 Å². The first-order valence-corrected chi connectivity index (χ1v) is 7.84. The maximum absolute atomic E-state index is 12.9. The first-order valence-electron chi connectivity index (χ1n) is 7.46. The Morgan fingerprint density at radius 3 is 2.52 bits per heavy atom. The Bertz CT molecular complexity index is 764. The van der Waals surface area contributed by atoms with Crippen molar-refractivity contribution >= 4 is 23.5 Å². The van der Waals surface area contributed by atoms with Crippen LogP contribution in [0, 0.1) is 5.82 Å². The van der Waals surface area contributed by atoms with Gasteiger partial charge in [-0.15, -0.1) is 0 Å². The zero-order valence-electron chi connectivity index (χ0n) is 13.7. The lowest BCUT2D eigenvalue weighted by molar-refractivity contribution is -0.123. The first kappa shape index (κ1) is 18.7. The van der Waals surface area contributed by atoms with E-state index < -0.39 is 11.9 Å². The van der Waals surface area contributed by atoms with Crippen LogP contribution in [0.2, 0.25) is 5.02 Å². The number of esters is 1. The highest BCUT2D eigenvalue weighted by Gasteiger charge is 2.16. The van der Waals surface area contributed by atoms with E-state index >= 15 is 0 Å². The number of halogens is 2. The largest absolute Gasteiger partial charge is 0.483 e. The molecular formula is C18H17ClFNO4. The molecule has 0 fully saturated rings. The van der Waals surface area contributed by atoms with E-state index in [9.17, 15) is 14.0 Å². The van der Waals surface area contributed by atoms with Crippen LogP contribution in [0.3, 0.4) is 0 Å². The number of methoxy groups -OCH3 is 1. The Morgan fingerprint density at radius 1 is 1.20 bits per heavy atom. The molecule has 1 amide bonds. The predicted octanol–water partition coefficient (Wildman–Crippen LogP) is 3.52. The number of hydrogen-bond acceptors (Lipinski definition) is 4. The van der Waals surface area contributed by atoms with Gasteiger partial charge < -0.3 is 14.8 Å². The third kappa shape index (κ3) is 5.19. The van der Waals surface area contributed by atoms with Gasteiger partial charge in [-0.25, -0.2) is 9.18 Å². The van der Waals surface area contributed by atoms with E-state index in [1.54, 1.807) is 19.1 Å². The zero-order valence-corrected chi connectivity index (χ0v) is 14.5. The van der Waals surface area contributed by atoms with Crippen molar-refractivity contribution in [3.8, 4) is 5.75 Å². The van der Waals surface area contributed by atoms with Crippen LogP contribution in [-0.4, -0.2) is 25.6 Å². The lowest BCUT2D eigenvalue weighted by Crippen LogP contribution is -2.31. The number of ether oxygens (including phenoxy) is 2. The third-order valence-corrected chi connectivity index (χ3v) is 3.69. The molecule has 2 aromatic carbocycles. The summed E-state index contributed by atoms with van der Waals surface area (Å²) >= 11 is 5.89. The highest BCUT2D eigenvalue weighted by atomic mass is 35.5. The molecule has 0 aliphatic carbocycles. The second-order valence-electron chi connectivity index (χ2n) is 5.26. The normalized spacial score (nSPS) is 11.5. The Hall–Kier alpha value is -2.60. The summed E-state index contributed by atoms with van der Waals surface area (Å²) in [7, 11) is 1.25. The van der Waals surface area contributed by atoms with E-state index in [4.69, 9.17) is 16.3 Å². The molecule has 5 nitrogen and oxygen atoms in total. The average Bonchev–Trinajstić information content (AvgIpc) is 2.60. The van der Waals surface area contributed by atoms with E-state index in [0.717, 1.165) is 5.56 Å². The number of nitrogens with one attached hydrogen (secondary N) is 1. The van der Waals surface area contributed by atoms with Crippen LogP contribution in [0.5, 0.6) is 5.75 Å². The number of hydrogen-bond donors (Lipinski definition) is 1. The number of carbonyl (C=O) groups excluding carboxylic acids is 2. The molecule has 0 spiro atoms. The van der Waals surface area contributed by atoms with Crippen LogP contribution in [0.1, 0.15) is 28.9 Å². The van der Waals surface area contributed by atoms with Gasteiger partial charge in [-0.1, -0.05) is 23.7 Å². The Balaban J connectivity index is 1.99. The Kier molecular flexibility index (Phi) is 6.36. The topological polar surface area (TPSA) is 64.6 Å². The number of benzene rings is 2. The van der Waals surface area contributed by atoms with Crippen LogP contribution in [0.4, 0.5) is 4.39 Å². The van der Waals surface area contributed by atoms with Crippen molar-refractivity contribution in [3.05, 3.63) is 64.4 Å². The van der Waals surface area contributed by atoms with Crippen molar-refractivity contribution in [1.82, 2.24) is 5.32 Å². The van der Waals surface area contributed by atoms with Crippen LogP contribution in [0.15, 0.2) is 42.5 Å². The van der Waals surface area contributed by atoms with Crippen molar-refractivity contribution in [1.29, 1.82) is 0 Å². The second kappa shape index (κ2) is 8.48. The Labute approximate surface area is 149 Å². The monoisotopic (exact) mass is 365 g/mol. The fraction of sp³-hybridized carbons (Fsp3) is 0.222. The van der Waals surface area contributed by atoms with Crippen molar-refractivity contribution in [2.75, 3.05) is 13.7 Å². The van der Waals surface area contributed by atoms with Crippen molar-refractivity contribution in [2.24, 2.45) is 0 Å². The summed E-state index contributed by atoms with van der Waals surface area (Å²) in [6.07, 6.45) is 0. The molecule has 1 N–H and O–H groups in total. The molecule has 0 saturated carbocycles. The van der Waals surface area contributed by atoms with Gasteiger partial charge in [0, 0.05) is 5.02 Å². The highest BCUT2D eigenvalue weighted by Crippen LogP contribution is 2.24. The highest BCUT2D eigenvalue weighted by molar-refractivity contribution is 6.30. The second-order valence-corrected chi connectivity index (χ2v) is 5.70. The van der Waals surface area contributed by atoms with Gasteiger partial charge in [-0.3, -0.25) is 4.79 Å². The van der Waals surface area contributed by atoms with Gasteiger partial charge in [0.1, 0.15) is 17.1 Å². The molecule has 7 heteroatoms. The standard InChI is InChI=1S/C18H17ClFNO4/c1-11(12-3-6-14(20)7-4-12)21-17(22)10-25-16-9-13(19)5-8-15(16)18(23)24-2/h3-9,11H,10H2,1-2H3,(H,21,22). The third-order valence-electron chi connectivity index (χ3n) is 3.46. The van der Waals surface area contributed by atoms with Crippen molar-refractivity contribution in [3.63, 3.8) is 0 Å². The van der Waals surface area contributed by atoms with Crippen LogP contribution in [0.25, 0.3) is 0 Å². The molecule has 0 heterocycles. The molecule has 132 valence electrons. The summed E-state index contributed by atoms with van der Waals surface area (Å²) in [5, 5.41) is 3.09. The fourth-order valence-electron chi connectivity index (χ4n) is 2.16. The molecule has 0 aliphatic heterocycles. The minimum atomic E-state index is -0.591. The van der Waals surface area contributed by atoms with Gasteiger partial charge in [-0.2, -0.15) is 0 Å². The molecule has 0 radical (unpaired) electrons. The molecule has 0 aliphatic rings. The Morgan fingerprint density at radius 2 is 1.88 bits per heavy atom. The molecule has 0 aromatic heterocycles. The van der Waals surface area contributed by atoms with Crippen LogP contribution >= 0.6 is 11.6 Å². The molecular weight excluding hydrogens is 349 g/mol. The minimum Gasteiger partial charge on any atom is -0.483 e. The quantitative estimate of drug-likeness (QED) is 0.795.